The van der Waals surface area contributed by atoms with Crippen LogP contribution in [0.1, 0.15) is 0 Å². The fourth-order valence-corrected chi connectivity index (χ4v) is 3.03. The summed E-state index contributed by atoms with van der Waals surface area (Å²) in [4.78, 5) is 18.5. The van der Waals surface area contributed by atoms with Gasteiger partial charge in [-0.05, 0) is 48.5 Å². The van der Waals surface area contributed by atoms with Crippen molar-refractivity contribution in [3.05, 3.63) is 54.3 Å². The van der Waals surface area contributed by atoms with Crippen molar-refractivity contribution < 1.29 is 9.18 Å². The number of nitrogens with zero attached hydrogens (tertiary/aromatic N) is 3. The summed E-state index contributed by atoms with van der Waals surface area (Å²) < 4.78 is 13.0. The molecule has 1 aliphatic rings. The van der Waals surface area contributed by atoms with Crippen LogP contribution in [0, 0.1) is 5.82 Å². The second-order valence-corrected chi connectivity index (χ2v) is 6.64. The third-order valence-corrected chi connectivity index (χ3v) is 4.65. The molecule has 5 nitrogen and oxygen atoms in total. The van der Waals surface area contributed by atoms with Crippen LogP contribution in [0.5, 0.6) is 0 Å². The lowest BCUT2D eigenvalue weighted by Crippen LogP contribution is -2.50. The van der Waals surface area contributed by atoms with Crippen LogP contribution in [0.25, 0.3) is 0 Å². The van der Waals surface area contributed by atoms with E-state index in [2.05, 4.69) is 10.2 Å². The zero-order chi connectivity index (χ0) is 18.5. The molecular weight excluding hydrogens is 331 g/mol. The Balaban J connectivity index is 1.47. The lowest BCUT2D eigenvalue weighted by atomic mass is 10.2. The van der Waals surface area contributed by atoms with Crippen molar-refractivity contribution in [1.29, 1.82) is 0 Å². The Morgan fingerprint density at radius 3 is 2.19 bits per heavy atom. The standard InChI is InChI=1S/C20H25FN4O/c1-23(2)18-9-5-17(6-10-18)22-15-20(26)25-13-11-24(12-14-25)19-7-3-16(21)4-8-19/h3-10,22H,11-15H2,1-2H3. The molecule has 1 saturated heterocycles. The highest BCUT2D eigenvalue weighted by Crippen LogP contribution is 2.18. The van der Waals surface area contributed by atoms with Crippen LogP contribution in [0.15, 0.2) is 48.5 Å². The summed E-state index contributed by atoms with van der Waals surface area (Å²) in [6.07, 6.45) is 0. The molecule has 1 amide bonds. The van der Waals surface area contributed by atoms with Gasteiger partial charge in [0.25, 0.3) is 0 Å². The first kappa shape index (κ1) is 18.0. The first-order valence-corrected chi connectivity index (χ1v) is 8.82. The predicted molar refractivity (Wildman–Crippen MR) is 104 cm³/mol. The summed E-state index contributed by atoms with van der Waals surface area (Å²) in [7, 11) is 4.00. The molecule has 0 atom stereocenters. The minimum atomic E-state index is -0.229. The molecule has 1 aliphatic heterocycles. The Kier molecular flexibility index (Phi) is 5.61. The summed E-state index contributed by atoms with van der Waals surface area (Å²) in [5.74, 6) is -0.132. The van der Waals surface area contributed by atoms with E-state index < -0.39 is 0 Å². The van der Waals surface area contributed by atoms with Gasteiger partial charge in [-0.2, -0.15) is 0 Å². The molecule has 6 heteroatoms. The number of benzene rings is 2. The minimum absolute atomic E-state index is 0.0976. The normalized spacial score (nSPS) is 14.3. The molecule has 0 aliphatic carbocycles. The maximum atomic E-state index is 13.0. The number of amides is 1. The topological polar surface area (TPSA) is 38.8 Å². The van der Waals surface area contributed by atoms with Crippen molar-refractivity contribution in [2.24, 2.45) is 0 Å². The lowest BCUT2D eigenvalue weighted by molar-refractivity contribution is -0.129. The Hall–Kier alpha value is -2.76. The lowest BCUT2D eigenvalue weighted by Gasteiger charge is -2.36. The average Bonchev–Trinajstić information content (AvgIpc) is 2.67. The molecule has 0 radical (unpaired) electrons. The quantitative estimate of drug-likeness (QED) is 0.894. The van der Waals surface area contributed by atoms with Gasteiger partial charge >= 0.3 is 0 Å². The summed E-state index contributed by atoms with van der Waals surface area (Å²) in [5.41, 5.74) is 3.06. The number of halogens is 1. The molecule has 0 aromatic heterocycles. The number of anilines is 3. The van der Waals surface area contributed by atoms with E-state index in [9.17, 15) is 9.18 Å². The monoisotopic (exact) mass is 356 g/mol. The molecule has 1 heterocycles. The fraction of sp³-hybridized carbons (Fsp3) is 0.350. The van der Waals surface area contributed by atoms with Crippen molar-refractivity contribution in [3.63, 3.8) is 0 Å². The fourth-order valence-electron chi connectivity index (χ4n) is 3.03. The number of carbonyl (C=O) groups is 1. The second-order valence-electron chi connectivity index (χ2n) is 6.64. The van der Waals surface area contributed by atoms with E-state index in [1.54, 1.807) is 12.1 Å². The number of hydrogen-bond donors (Lipinski definition) is 1. The van der Waals surface area contributed by atoms with Crippen molar-refractivity contribution in [2.75, 3.05) is 61.9 Å². The molecule has 0 unspecified atom stereocenters. The number of piperazine rings is 1. The van der Waals surface area contributed by atoms with Crippen LogP contribution in [0.2, 0.25) is 0 Å². The first-order chi connectivity index (χ1) is 12.5. The third kappa shape index (κ3) is 4.45. The summed E-state index contributed by atoms with van der Waals surface area (Å²) in [6, 6.07) is 14.5. The summed E-state index contributed by atoms with van der Waals surface area (Å²) in [6.45, 7) is 3.16. The van der Waals surface area contributed by atoms with Gasteiger partial charge in [-0.3, -0.25) is 4.79 Å². The molecule has 2 aromatic rings. The van der Waals surface area contributed by atoms with E-state index in [1.165, 1.54) is 12.1 Å². The summed E-state index contributed by atoms with van der Waals surface area (Å²) in [5, 5.41) is 3.19. The van der Waals surface area contributed by atoms with Gasteiger partial charge in [-0.25, -0.2) is 4.39 Å². The second kappa shape index (κ2) is 8.08. The van der Waals surface area contributed by atoms with Crippen LogP contribution < -0.4 is 15.1 Å². The Morgan fingerprint density at radius 2 is 1.62 bits per heavy atom. The number of rotatable bonds is 5. The molecule has 3 rings (SSSR count). The highest BCUT2D eigenvalue weighted by atomic mass is 19.1. The van der Waals surface area contributed by atoms with E-state index in [0.717, 1.165) is 30.2 Å². The zero-order valence-corrected chi connectivity index (χ0v) is 15.3. The molecule has 0 bridgehead atoms. The number of carbonyl (C=O) groups excluding carboxylic acids is 1. The van der Waals surface area contributed by atoms with Crippen molar-refractivity contribution in [3.8, 4) is 0 Å². The minimum Gasteiger partial charge on any atom is -0.378 e. The van der Waals surface area contributed by atoms with Crippen LogP contribution in [0.3, 0.4) is 0 Å². The van der Waals surface area contributed by atoms with Crippen LogP contribution in [-0.4, -0.2) is 57.6 Å². The van der Waals surface area contributed by atoms with Crippen LogP contribution in [-0.2, 0) is 4.79 Å². The Morgan fingerprint density at radius 1 is 1.00 bits per heavy atom. The van der Waals surface area contributed by atoms with Gasteiger partial charge in [-0.1, -0.05) is 0 Å². The van der Waals surface area contributed by atoms with Gasteiger partial charge in [0.05, 0.1) is 6.54 Å². The van der Waals surface area contributed by atoms with E-state index in [0.29, 0.717) is 13.1 Å². The van der Waals surface area contributed by atoms with Gasteiger partial charge in [0.15, 0.2) is 0 Å². The van der Waals surface area contributed by atoms with E-state index in [4.69, 9.17) is 0 Å². The van der Waals surface area contributed by atoms with Crippen molar-refractivity contribution in [1.82, 2.24) is 4.90 Å². The van der Waals surface area contributed by atoms with Crippen molar-refractivity contribution in [2.45, 2.75) is 0 Å². The van der Waals surface area contributed by atoms with Crippen molar-refractivity contribution >= 4 is 23.0 Å². The highest BCUT2D eigenvalue weighted by molar-refractivity contribution is 5.81. The van der Waals surface area contributed by atoms with Crippen LogP contribution >= 0.6 is 0 Å². The number of hydrogen-bond acceptors (Lipinski definition) is 4. The molecule has 1 N–H and O–H groups in total. The van der Waals surface area contributed by atoms with E-state index in [1.807, 2.05) is 48.2 Å². The molecule has 0 spiro atoms. The molecule has 138 valence electrons. The maximum Gasteiger partial charge on any atom is 0.241 e. The Bertz CT molecular complexity index is 722. The van der Waals surface area contributed by atoms with Crippen LogP contribution in [0.4, 0.5) is 21.5 Å². The van der Waals surface area contributed by atoms with E-state index in [-0.39, 0.29) is 18.3 Å². The molecule has 1 fully saturated rings. The highest BCUT2D eigenvalue weighted by Gasteiger charge is 2.21. The molecule has 26 heavy (non-hydrogen) atoms. The smallest absolute Gasteiger partial charge is 0.241 e. The Labute approximate surface area is 154 Å². The third-order valence-electron chi connectivity index (χ3n) is 4.65. The maximum absolute atomic E-state index is 13.0. The first-order valence-electron chi connectivity index (χ1n) is 8.82. The van der Waals surface area contributed by atoms with Gasteiger partial charge in [0, 0.05) is 57.3 Å². The van der Waals surface area contributed by atoms with E-state index >= 15 is 0 Å². The average molecular weight is 356 g/mol. The van der Waals surface area contributed by atoms with Gasteiger partial charge in [-0.15, -0.1) is 0 Å². The number of nitrogens with one attached hydrogen (secondary N) is 1. The SMILES string of the molecule is CN(C)c1ccc(NCC(=O)N2CCN(c3ccc(F)cc3)CC2)cc1. The molecule has 2 aromatic carbocycles. The molecule has 0 saturated carbocycles. The van der Waals surface area contributed by atoms with Gasteiger partial charge in [0.1, 0.15) is 5.82 Å². The largest absolute Gasteiger partial charge is 0.378 e. The van der Waals surface area contributed by atoms with Gasteiger partial charge < -0.3 is 20.0 Å². The predicted octanol–water partition coefficient (Wildman–Crippen LogP) is 2.65. The van der Waals surface area contributed by atoms with Gasteiger partial charge in [0.2, 0.25) is 5.91 Å². The summed E-state index contributed by atoms with van der Waals surface area (Å²) >= 11 is 0. The molecular formula is C20H25FN4O. The zero-order valence-electron chi connectivity index (χ0n) is 15.3.